The number of rotatable bonds is 3. The second-order valence-corrected chi connectivity index (χ2v) is 6.60. The van der Waals surface area contributed by atoms with E-state index in [0.717, 1.165) is 16.2 Å². The molecule has 1 aromatic rings. The van der Waals surface area contributed by atoms with Crippen LogP contribution >= 0.6 is 0 Å². The van der Waals surface area contributed by atoms with Gasteiger partial charge in [0, 0.05) is 6.42 Å². The molecule has 0 radical (unpaired) electrons. The summed E-state index contributed by atoms with van der Waals surface area (Å²) in [5, 5.41) is 5.76. The summed E-state index contributed by atoms with van der Waals surface area (Å²) in [5.41, 5.74) is 1.84. The third-order valence-corrected chi connectivity index (χ3v) is 5.09. The summed E-state index contributed by atoms with van der Waals surface area (Å²) in [6.07, 6.45) is 5.72. The van der Waals surface area contributed by atoms with Crippen molar-refractivity contribution in [1.29, 1.82) is 0 Å². The predicted octanol–water partition coefficient (Wildman–Crippen LogP) is 1.57. The molecule has 0 spiro atoms. The molecule has 2 atom stereocenters. The molecule has 3 amide bonds. The van der Waals surface area contributed by atoms with E-state index in [9.17, 15) is 14.4 Å². The van der Waals surface area contributed by atoms with E-state index in [0.29, 0.717) is 25.8 Å². The van der Waals surface area contributed by atoms with Gasteiger partial charge in [-0.05, 0) is 18.4 Å². The number of hydrogen-bond donors (Lipinski definition) is 0. The summed E-state index contributed by atoms with van der Waals surface area (Å²) in [6, 6.07) is 9.70. The van der Waals surface area contributed by atoms with Crippen LogP contribution in [0.25, 0.3) is 0 Å². The number of nitrogens with zero attached hydrogens (tertiary/aromatic N) is 3. The van der Waals surface area contributed by atoms with Crippen LogP contribution in [0.5, 0.6) is 0 Å². The van der Waals surface area contributed by atoms with Gasteiger partial charge in [0.2, 0.25) is 11.8 Å². The molecule has 1 aliphatic carbocycles. The number of hydrogen-bond acceptors (Lipinski definition) is 4. The zero-order valence-corrected chi connectivity index (χ0v) is 13.8. The molecule has 1 saturated heterocycles. The fourth-order valence-electron chi connectivity index (χ4n) is 3.71. The smallest absolute Gasteiger partial charge is 0.262 e. The quantitative estimate of drug-likeness (QED) is 0.621. The summed E-state index contributed by atoms with van der Waals surface area (Å²) in [6.45, 7) is 0.268. The number of fused-ring (bicyclic) bond motifs is 1. The standard InChI is InChI=1S/C19H19N3O3/c23-17(22-11-10-16(20-22)13-6-2-1-3-7-13)12-21-18(24)14-8-4-5-9-15(14)19(21)25/h1-7,14-15H,8-12H2. The van der Waals surface area contributed by atoms with Crippen LogP contribution in [-0.4, -0.2) is 46.4 Å². The highest BCUT2D eigenvalue weighted by Crippen LogP contribution is 2.35. The van der Waals surface area contributed by atoms with Crippen LogP contribution in [-0.2, 0) is 14.4 Å². The minimum Gasteiger partial charge on any atom is -0.274 e. The Morgan fingerprint density at radius 3 is 2.32 bits per heavy atom. The molecule has 2 heterocycles. The number of hydrazone groups is 1. The highest BCUT2D eigenvalue weighted by molar-refractivity contribution is 6.08. The van der Waals surface area contributed by atoms with Crippen molar-refractivity contribution in [2.75, 3.05) is 13.1 Å². The minimum absolute atomic E-state index is 0.212. The molecule has 6 heteroatoms. The summed E-state index contributed by atoms with van der Waals surface area (Å²) in [4.78, 5) is 38.6. The van der Waals surface area contributed by atoms with Gasteiger partial charge in [-0.1, -0.05) is 42.5 Å². The highest BCUT2D eigenvalue weighted by atomic mass is 16.2. The lowest BCUT2D eigenvalue weighted by Crippen LogP contribution is -2.40. The van der Waals surface area contributed by atoms with Gasteiger partial charge in [0.05, 0.1) is 24.1 Å². The normalized spacial score (nSPS) is 25.4. The first-order chi connectivity index (χ1) is 12.1. The average Bonchev–Trinajstić information content (AvgIpc) is 3.23. The Morgan fingerprint density at radius 1 is 1.04 bits per heavy atom. The number of likely N-dealkylation sites (tertiary alicyclic amines) is 1. The molecule has 6 nitrogen and oxygen atoms in total. The van der Waals surface area contributed by atoms with E-state index in [2.05, 4.69) is 5.10 Å². The zero-order chi connectivity index (χ0) is 17.4. The summed E-state index contributed by atoms with van der Waals surface area (Å²) >= 11 is 0. The molecular weight excluding hydrogens is 318 g/mol. The molecule has 4 rings (SSSR count). The fraction of sp³-hybridized carbons (Fsp3) is 0.368. The third kappa shape index (κ3) is 2.77. The Morgan fingerprint density at radius 2 is 1.68 bits per heavy atom. The van der Waals surface area contributed by atoms with E-state index in [1.807, 2.05) is 42.5 Å². The molecule has 0 bridgehead atoms. The number of carbonyl (C=O) groups is 3. The molecule has 1 aromatic carbocycles. The van der Waals surface area contributed by atoms with Crippen LogP contribution in [0, 0.1) is 11.8 Å². The van der Waals surface area contributed by atoms with Crippen molar-refractivity contribution in [3.63, 3.8) is 0 Å². The fourth-order valence-corrected chi connectivity index (χ4v) is 3.71. The molecular formula is C19H19N3O3. The molecule has 0 saturated carbocycles. The van der Waals surface area contributed by atoms with Gasteiger partial charge in [0.1, 0.15) is 6.54 Å². The Bertz CT molecular complexity index is 758. The maximum Gasteiger partial charge on any atom is 0.262 e. The van der Waals surface area contributed by atoms with Gasteiger partial charge >= 0.3 is 0 Å². The Hall–Kier alpha value is -2.76. The van der Waals surface area contributed by atoms with E-state index in [1.165, 1.54) is 5.01 Å². The van der Waals surface area contributed by atoms with Crippen molar-refractivity contribution < 1.29 is 14.4 Å². The first-order valence-electron chi connectivity index (χ1n) is 8.58. The van der Waals surface area contributed by atoms with Crippen LogP contribution in [0.2, 0.25) is 0 Å². The van der Waals surface area contributed by atoms with Crippen molar-refractivity contribution in [1.82, 2.24) is 9.91 Å². The molecule has 3 aliphatic rings. The van der Waals surface area contributed by atoms with E-state index in [4.69, 9.17) is 0 Å². The largest absolute Gasteiger partial charge is 0.274 e. The van der Waals surface area contributed by atoms with Crippen LogP contribution in [0.1, 0.15) is 24.8 Å². The zero-order valence-electron chi connectivity index (χ0n) is 13.8. The van der Waals surface area contributed by atoms with Gasteiger partial charge < -0.3 is 0 Å². The number of imide groups is 1. The average molecular weight is 337 g/mol. The van der Waals surface area contributed by atoms with Crippen molar-refractivity contribution >= 4 is 23.4 Å². The Labute approximate surface area is 145 Å². The van der Waals surface area contributed by atoms with Gasteiger partial charge in [0.25, 0.3) is 5.91 Å². The van der Waals surface area contributed by atoms with E-state index < -0.39 is 0 Å². The van der Waals surface area contributed by atoms with Crippen molar-refractivity contribution in [2.45, 2.75) is 19.3 Å². The molecule has 0 N–H and O–H groups in total. The van der Waals surface area contributed by atoms with Gasteiger partial charge in [-0.15, -0.1) is 0 Å². The topological polar surface area (TPSA) is 70.1 Å². The summed E-state index contributed by atoms with van der Waals surface area (Å²) < 4.78 is 0. The highest BCUT2D eigenvalue weighted by Gasteiger charge is 2.48. The van der Waals surface area contributed by atoms with Crippen LogP contribution in [0.4, 0.5) is 0 Å². The van der Waals surface area contributed by atoms with Crippen LogP contribution in [0.15, 0.2) is 47.6 Å². The number of benzene rings is 1. The SMILES string of the molecule is O=C(CN1C(=O)C2CC=CCC2C1=O)N1CCC(c2ccccc2)=N1. The second-order valence-electron chi connectivity index (χ2n) is 6.60. The minimum atomic E-state index is -0.306. The van der Waals surface area contributed by atoms with E-state index >= 15 is 0 Å². The van der Waals surface area contributed by atoms with Crippen molar-refractivity contribution in [3.8, 4) is 0 Å². The van der Waals surface area contributed by atoms with Gasteiger partial charge in [0.15, 0.2) is 0 Å². The Balaban J connectivity index is 1.45. The van der Waals surface area contributed by atoms with E-state index in [1.54, 1.807) is 0 Å². The van der Waals surface area contributed by atoms with Gasteiger partial charge in [-0.25, -0.2) is 5.01 Å². The van der Waals surface area contributed by atoms with E-state index in [-0.39, 0.29) is 36.1 Å². The molecule has 1 fully saturated rings. The summed E-state index contributed by atoms with van der Waals surface area (Å²) in [5.74, 6) is -1.35. The van der Waals surface area contributed by atoms with Crippen LogP contribution in [0.3, 0.4) is 0 Å². The van der Waals surface area contributed by atoms with Crippen molar-refractivity contribution in [3.05, 3.63) is 48.0 Å². The maximum absolute atomic E-state index is 12.5. The molecule has 2 unspecified atom stereocenters. The maximum atomic E-state index is 12.5. The monoisotopic (exact) mass is 337 g/mol. The van der Waals surface area contributed by atoms with Gasteiger partial charge in [-0.2, -0.15) is 5.10 Å². The summed E-state index contributed by atoms with van der Waals surface area (Å²) in [7, 11) is 0. The van der Waals surface area contributed by atoms with Gasteiger partial charge in [-0.3, -0.25) is 19.3 Å². The number of allylic oxidation sites excluding steroid dienone is 2. The predicted molar refractivity (Wildman–Crippen MR) is 91.4 cm³/mol. The first kappa shape index (κ1) is 15.7. The van der Waals surface area contributed by atoms with Crippen molar-refractivity contribution in [2.24, 2.45) is 16.9 Å². The Kier molecular flexibility index (Phi) is 3.95. The molecule has 25 heavy (non-hydrogen) atoms. The molecule has 2 aliphatic heterocycles. The lowest BCUT2D eigenvalue weighted by atomic mass is 9.85. The van der Waals surface area contributed by atoms with Crippen LogP contribution < -0.4 is 0 Å². The first-order valence-corrected chi connectivity index (χ1v) is 8.58. The second kappa shape index (κ2) is 6.27. The molecule has 128 valence electrons. The lowest BCUT2D eigenvalue weighted by Gasteiger charge is -2.17. The number of amides is 3. The molecule has 0 aromatic heterocycles. The third-order valence-electron chi connectivity index (χ3n) is 5.09. The number of carbonyl (C=O) groups excluding carboxylic acids is 3. The lowest BCUT2D eigenvalue weighted by molar-refractivity contribution is -0.146.